The number of unbranched alkanes of at least 4 members (excludes halogenated alkanes) is 2. The molecule has 0 amide bonds. The fourth-order valence-electron chi connectivity index (χ4n) is 1.97. The molecule has 0 heterocycles. The Morgan fingerprint density at radius 1 is 1.10 bits per heavy atom. The second kappa shape index (κ2) is 8.08. The van der Waals surface area contributed by atoms with Gasteiger partial charge in [-0.2, -0.15) is 8.78 Å². The molecule has 0 saturated heterocycles. The Kier molecular flexibility index (Phi) is 6.76. The first-order chi connectivity index (χ1) is 9.46. The molecule has 0 saturated carbocycles. The molecule has 0 aromatic heterocycles. The third-order valence-corrected chi connectivity index (χ3v) is 3.02. The first-order valence-corrected chi connectivity index (χ1v) is 7.28. The van der Waals surface area contributed by atoms with Gasteiger partial charge in [0.2, 0.25) is 0 Å². The van der Waals surface area contributed by atoms with Crippen molar-refractivity contribution < 1.29 is 18.3 Å². The van der Waals surface area contributed by atoms with Crippen LogP contribution in [-0.2, 0) is 0 Å². The Bertz CT molecular complexity index is 388. The number of hydrogen-bond acceptors (Lipinski definition) is 2. The van der Waals surface area contributed by atoms with Crippen LogP contribution in [0.2, 0.25) is 0 Å². The van der Waals surface area contributed by atoms with Gasteiger partial charge in [-0.25, -0.2) is 0 Å². The SMILES string of the molecule is CCCCCC(CC)Oc1ccccc1OC(C)(F)F. The quantitative estimate of drug-likeness (QED) is 0.565. The summed E-state index contributed by atoms with van der Waals surface area (Å²) in [4.78, 5) is 0. The molecule has 0 bridgehead atoms. The van der Waals surface area contributed by atoms with E-state index in [1.807, 2.05) is 6.92 Å². The van der Waals surface area contributed by atoms with Crippen LogP contribution in [0.15, 0.2) is 24.3 Å². The van der Waals surface area contributed by atoms with E-state index in [1.165, 1.54) is 6.07 Å². The second-order valence-corrected chi connectivity index (χ2v) is 5.00. The Labute approximate surface area is 120 Å². The summed E-state index contributed by atoms with van der Waals surface area (Å²) in [5.74, 6) is 0.478. The number of hydrogen-bond donors (Lipinski definition) is 0. The number of benzene rings is 1. The molecular weight excluding hydrogens is 262 g/mol. The molecule has 0 spiro atoms. The van der Waals surface area contributed by atoms with Gasteiger partial charge in [0.15, 0.2) is 11.5 Å². The molecule has 2 nitrogen and oxygen atoms in total. The lowest BCUT2D eigenvalue weighted by atomic mass is 10.1. The standard InChI is InChI=1S/C16H24F2O2/c1-4-6-7-10-13(5-2)19-14-11-8-9-12-15(14)20-16(3,17)18/h8-9,11-13H,4-7,10H2,1-3H3. The van der Waals surface area contributed by atoms with Crippen LogP contribution in [0.25, 0.3) is 0 Å². The molecule has 0 aliphatic heterocycles. The highest BCUT2D eigenvalue weighted by molar-refractivity contribution is 5.39. The van der Waals surface area contributed by atoms with E-state index in [-0.39, 0.29) is 11.9 Å². The summed E-state index contributed by atoms with van der Waals surface area (Å²) in [5, 5.41) is 0. The predicted octanol–water partition coefficient (Wildman–Crippen LogP) is 5.42. The summed E-state index contributed by atoms with van der Waals surface area (Å²) in [6.45, 7) is 4.91. The number of halogens is 2. The minimum atomic E-state index is -3.20. The van der Waals surface area contributed by atoms with E-state index in [0.29, 0.717) is 5.75 Å². The molecule has 0 aliphatic carbocycles. The fraction of sp³-hybridized carbons (Fsp3) is 0.625. The molecule has 114 valence electrons. The minimum absolute atomic E-state index is 0.0387. The van der Waals surface area contributed by atoms with E-state index in [2.05, 4.69) is 11.7 Å². The lowest BCUT2D eigenvalue weighted by Crippen LogP contribution is -2.21. The van der Waals surface area contributed by atoms with Gasteiger partial charge in [-0.15, -0.1) is 0 Å². The van der Waals surface area contributed by atoms with Crippen molar-refractivity contribution >= 4 is 0 Å². The molecule has 4 heteroatoms. The maximum atomic E-state index is 13.0. The normalized spacial score (nSPS) is 13.1. The summed E-state index contributed by atoms with van der Waals surface area (Å²) >= 11 is 0. The average Bonchev–Trinajstić information content (AvgIpc) is 2.38. The zero-order valence-corrected chi connectivity index (χ0v) is 12.5. The summed E-state index contributed by atoms with van der Waals surface area (Å²) in [7, 11) is 0. The van der Waals surface area contributed by atoms with Gasteiger partial charge in [-0.3, -0.25) is 0 Å². The summed E-state index contributed by atoms with van der Waals surface area (Å²) < 4.78 is 36.4. The number of ether oxygens (including phenoxy) is 2. The summed E-state index contributed by atoms with van der Waals surface area (Å²) in [6, 6.07) is 6.59. The third-order valence-electron chi connectivity index (χ3n) is 3.02. The van der Waals surface area contributed by atoms with Gasteiger partial charge in [0.05, 0.1) is 6.10 Å². The van der Waals surface area contributed by atoms with Gasteiger partial charge in [-0.1, -0.05) is 38.8 Å². The highest BCUT2D eigenvalue weighted by atomic mass is 19.3. The molecular formula is C16H24F2O2. The molecule has 0 aliphatic rings. The molecule has 1 rings (SSSR count). The first-order valence-electron chi connectivity index (χ1n) is 7.28. The van der Waals surface area contributed by atoms with Crippen LogP contribution in [-0.4, -0.2) is 12.2 Å². The van der Waals surface area contributed by atoms with E-state index in [0.717, 1.165) is 39.0 Å². The van der Waals surface area contributed by atoms with E-state index in [4.69, 9.17) is 4.74 Å². The van der Waals surface area contributed by atoms with Gasteiger partial charge >= 0.3 is 6.11 Å². The van der Waals surface area contributed by atoms with Crippen molar-refractivity contribution in [2.45, 2.75) is 65.1 Å². The zero-order chi connectivity index (χ0) is 15.0. The van der Waals surface area contributed by atoms with Crippen molar-refractivity contribution in [3.63, 3.8) is 0 Å². The van der Waals surface area contributed by atoms with Crippen LogP contribution < -0.4 is 9.47 Å². The molecule has 1 aromatic carbocycles. The predicted molar refractivity (Wildman–Crippen MR) is 76.5 cm³/mol. The highest BCUT2D eigenvalue weighted by Crippen LogP contribution is 2.32. The van der Waals surface area contributed by atoms with E-state index >= 15 is 0 Å². The average molecular weight is 286 g/mol. The first kappa shape index (κ1) is 16.7. The molecule has 0 radical (unpaired) electrons. The maximum Gasteiger partial charge on any atom is 0.395 e. The van der Waals surface area contributed by atoms with Crippen molar-refractivity contribution in [1.82, 2.24) is 0 Å². The molecule has 1 atom stereocenters. The molecule has 1 aromatic rings. The second-order valence-electron chi connectivity index (χ2n) is 5.00. The van der Waals surface area contributed by atoms with Crippen molar-refractivity contribution in [2.75, 3.05) is 0 Å². The molecule has 20 heavy (non-hydrogen) atoms. The van der Waals surface area contributed by atoms with Crippen molar-refractivity contribution in [3.05, 3.63) is 24.3 Å². The van der Waals surface area contributed by atoms with Crippen LogP contribution in [0.3, 0.4) is 0 Å². The lowest BCUT2D eigenvalue weighted by Gasteiger charge is -2.21. The van der Waals surface area contributed by atoms with Crippen molar-refractivity contribution in [2.24, 2.45) is 0 Å². The topological polar surface area (TPSA) is 18.5 Å². The third kappa shape index (κ3) is 6.22. The highest BCUT2D eigenvalue weighted by Gasteiger charge is 2.25. The van der Waals surface area contributed by atoms with Gasteiger partial charge in [0.25, 0.3) is 0 Å². The Hall–Kier alpha value is -1.32. The van der Waals surface area contributed by atoms with Crippen molar-refractivity contribution in [1.29, 1.82) is 0 Å². The number of alkyl halides is 2. The number of rotatable bonds is 9. The molecule has 0 fully saturated rings. The molecule has 0 N–H and O–H groups in total. The van der Waals surface area contributed by atoms with Gasteiger partial charge in [-0.05, 0) is 31.4 Å². The van der Waals surface area contributed by atoms with Crippen LogP contribution in [0.4, 0.5) is 8.78 Å². The van der Waals surface area contributed by atoms with Gasteiger partial charge in [0.1, 0.15) is 0 Å². The van der Waals surface area contributed by atoms with E-state index in [1.54, 1.807) is 18.2 Å². The Morgan fingerprint density at radius 3 is 2.30 bits per heavy atom. The Balaban J connectivity index is 2.69. The Morgan fingerprint density at radius 2 is 1.75 bits per heavy atom. The largest absolute Gasteiger partial charge is 0.487 e. The summed E-state index contributed by atoms with van der Waals surface area (Å²) in [5.41, 5.74) is 0. The maximum absolute atomic E-state index is 13.0. The lowest BCUT2D eigenvalue weighted by molar-refractivity contribution is -0.160. The van der Waals surface area contributed by atoms with Gasteiger partial charge < -0.3 is 9.47 Å². The van der Waals surface area contributed by atoms with Crippen molar-refractivity contribution in [3.8, 4) is 11.5 Å². The van der Waals surface area contributed by atoms with Gasteiger partial charge in [0, 0.05) is 6.92 Å². The minimum Gasteiger partial charge on any atom is -0.487 e. The van der Waals surface area contributed by atoms with Crippen LogP contribution >= 0.6 is 0 Å². The molecule has 1 unspecified atom stereocenters. The van der Waals surface area contributed by atoms with E-state index in [9.17, 15) is 8.78 Å². The summed E-state index contributed by atoms with van der Waals surface area (Å²) in [6.07, 6.45) is 2.01. The van der Waals surface area contributed by atoms with Crippen LogP contribution in [0.5, 0.6) is 11.5 Å². The number of para-hydroxylation sites is 2. The van der Waals surface area contributed by atoms with Crippen LogP contribution in [0, 0.1) is 0 Å². The monoisotopic (exact) mass is 286 g/mol. The smallest absolute Gasteiger partial charge is 0.395 e. The fourth-order valence-corrected chi connectivity index (χ4v) is 1.97. The zero-order valence-electron chi connectivity index (χ0n) is 12.5. The van der Waals surface area contributed by atoms with E-state index < -0.39 is 6.11 Å². The van der Waals surface area contributed by atoms with Crippen LogP contribution in [0.1, 0.15) is 52.9 Å².